The number of nitrogens with two attached hydrogens (primary N) is 1. The van der Waals surface area contributed by atoms with Crippen molar-refractivity contribution < 1.29 is 0 Å². The molecular weight excluding hydrogens is 277 g/mol. The quantitative estimate of drug-likeness (QED) is 0.649. The highest BCUT2D eigenvalue weighted by Crippen LogP contribution is 2.30. The van der Waals surface area contributed by atoms with Crippen molar-refractivity contribution in [3.05, 3.63) is 27.7 Å². The topological polar surface area (TPSA) is 50.4 Å². The van der Waals surface area contributed by atoms with Gasteiger partial charge in [-0.05, 0) is 40.9 Å². The molecule has 3 N–H and O–H groups in total. The molecule has 80 valence electrons. The summed E-state index contributed by atoms with van der Waals surface area (Å²) in [6, 6.07) is 5.98. The fraction of sp³-hybridized carbons (Fsp3) is 0.300. The Morgan fingerprint density at radius 2 is 2.27 bits per heavy atom. The fourth-order valence-electron chi connectivity index (χ4n) is 1.17. The maximum absolute atomic E-state index is 5.95. The van der Waals surface area contributed by atoms with Crippen LogP contribution in [0.15, 0.2) is 27.7 Å². The molecule has 0 atom stereocenters. The van der Waals surface area contributed by atoms with Crippen LogP contribution in [-0.4, -0.2) is 12.0 Å². The summed E-state index contributed by atoms with van der Waals surface area (Å²) in [6.07, 6.45) is 2.28. The van der Waals surface area contributed by atoms with Gasteiger partial charge in [0.25, 0.3) is 0 Å². The molecule has 0 radical (unpaired) electrons. The molecule has 3 nitrogen and oxygen atoms in total. The summed E-state index contributed by atoms with van der Waals surface area (Å²) in [6.45, 7) is 0. The molecule has 2 rings (SSSR count). The number of nitrogens with one attached hydrogen (secondary N) is 1. The predicted molar refractivity (Wildman–Crippen MR) is 67.4 cm³/mol. The number of aliphatic imine (C=N–C) groups is 1. The van der Waals surface area contributed by atoms with Crippen LogP contribution in [0.25, 0.3) is 0 Å². The molecule has 1 aliphatic carbocycles. The SMILES string of the molecule is NC(=NC1CC1)Nc1cccc(Cl)c1Br. The van der Waals surface area contributed by atoms with Crippen molar-refractivity contribution in [2.45, 2.75) is 18.9 Å². The molecule has 0 spiro atoms. The molecule has 1 aromatic carbocycles. The Morgan fingerprint density at radius 3 is 2.93 bits per heavy atom. The Balaban J connectivity index is 2.12. The van der Waals surface area contributed by atoms with Crippen LogP contribution in [-0.2, 0) is 0 Å². The van der Waals surface area contributed by atoms with E-state index < -0.39 is 0 Å². The summed E-state index contributed by atoms with van der Waals surface area (Å²) in [5, 5.41) is 3.67. The molecule has 0 unspecified atom stereocenters. The zero-order valence-electron chi connectivity index (χ0n) is 8.00. The molecule has 0 aromatic heterocycles. The average molecular weight is 289 g/mol. The molecule has 1 aliphatic rings. The van der Waals surface area contributed by atoms with Gasteiger partial charge in [-0.2, -0.15) is 0 Å². The largest absolute Gasteiger partial charge is 0.370 e. The molecule has 1 fully saturated rings. The third-order valence-electron chi connectivity index (χ3n) is 2.08. The van der Waals surface area contributed by atoms with Crippen molar-refractivity contribution >= 4 is 39.2 Å². The third kappa shape index (κ3) is 2.86. The van der Waals surface area contributed by atoms with Gasteiger partial charge in [0.2, 0.25) is 0 Å². The second kappa shape index (κ2) is 4.41. The van der Waals surface area contributed by atoms with E-state index in [0.29, 0.717) is 17.0 Å². The van der Waals surface area contributed by atoms with Crippen molar-refractivity contribution in [2.75, 3.05) is 5.32 Å². The Labute approximate surface area is 102 Å². The fourth-order valence-corrected chi connectivity index (χ4v) is 1.71. The number of rotatable bonds is 2. The summed E-state index contributed by atoms with van der Waals surface area (Å²) < 4.78 is 0.806. The number of hydrogen-bond donors (Lipinski definition) is 2. The van der Waals surface area contributed by atoms with Crippen molar-refractivity contribution in [1.82, 2.24) is 0 Å². The van der Waals surface area contributed by atoms with Crippen molar-refractivity contribution in [2.24, 2.45) is 10.7 Å². The molecule has 0 aliphatic heterocycles. The van der Waals surface area contributed by atoms with E-state index in [0.717, 1.165) is 23.0 Å². The first-order chi connectivity index (χ1) is 7.16. The predicted octanol–water partition coefficient (Wildman–Crippen LogP) is 2.99. The van der Waals surface area contributed by atoms with Crippen LogP contribution in [0.3, 0.4) is 0 Å². The maximum Gasteiger partial charge on any atom is 0.193 e. The highest BCUT2D eigenvalue weighted by molar-refractivity contribution is 9.10. The Kier molecular flexibility index (Phi) is 3.17. The van der Waals surface area contributed by atoms with Crippen LogP contribution in [0.5, 0.6) is 0 Å². The first kappa shape index (κ1) is 10.8. The summed E-state index contributed by atoms with van der Waals surface area (Å²) >= 11 is 9.33. The zero-order chi connectivity index (χ0) is 10.8. The van der Waals surface area contributed by atoms with Crippen molar-refractivity contribution in [1.29, 1.82) is 0 Å². The number of nitrogens with zero attached hydrogens (tertiary/aromatic N) is 1. The van der Waals surface area contributed by atoms with E-state index in [1.54, 1.807) is 0 Å². The first-order valence-corrected chi connectivity index (χ1v) is 5.88. The van der Waals surface area contributed by atoms with E-state index in [1.165, 1.54) is 0 Å². The average Bonchev–Trinajstić information content (AvgIpc) is 2.97. The minimum atomic E-state index is 0.412. The second-order valence-corrected chi connectivity index (χ2v) is 4.67. The molecule has 0 bridgehead atoms. The summed E-state index contributed by atoms with van der Waals surface area (Å²) in [4.78, 5) is 4.27. The van der Waals surface area contributed by atoms with Crippen LogP contribution < -0.4 is 11.1 Å². The monoisotopic (exact) mass is 287 g/mol. The molecule has 1 saturated carbocycles. The van der Waals surface area contributed by atoms with E-state index in [2.05, 4.69) is 26.2 Å². The zero-order valence-corrected chi connectivity index (χ0v) is 10.3. The molecule has 0 heterocycles. The lowest BCUT2D eigenvalue weighted by Gasteiger charge is -2.08. The van der Waals surface area contributed by atoms with Gasteiger partial charge in [-0.1, -0.05) is 17.7 Å². The minimum absolute atomic E-state index is 0.412. The standard InChI is InChI=1S/C10H11BrClN3/c11-9-7(12)2-1-3-8(9)15-10(13)14-6-4-5-6/h1-3,6H,4-5H2,(H3,13,14,15). The van der Waals surface area contributed by atoms with Gasteiger partial charge in [0, 0.05) is 0 Å². The van der Waals surface area contributed by atoms with Crippen LogP contribution in [0, 0.1) is 0 Å². The van der Waals surface area contributed by atoms with Gasteiger partial charge in [-0.25, -0.2) is 4.99 Å². The first-order valence-electron chi connectivity index (χ1n) is 4.71. The van der Waals surface area contributed by atoms with Gasteiger partial charge in [-0.3, -0.25) is 0 Å². The molecule has 5 heteroatoms. The van der Waals surface area contributed by atoms with Gasteiger partial charge in [0.15, 0.2) is 5.96 Å². The maximum atomic E-state index is 5.95. The summed E-state index contributed by atoms with van der Waals surface area (Å²) in [5.74, 6) is 0.445. The highest BCUT2D eigenvalue weighted by atomic mass is 79.9. The van der Waals surface area contributed by atoms with Crippen molar-refractivity contribution in [3.8, 4) is 0 Å². The Bertz CT molecular complexity index is 402. The lowest BCUT2D eigenvalue weighted by atomic mass is 10.3. The third-order valence-corrected chi connectivity index (χ3v) is 3.48. The van der Waals surface area contributed by atoms with Crippen molar-refractivity contribution in [3.63, 3.8) is 0 Å². The van der Waals surface area contributed by atoms with Gasteiger partial charge in [0.1, 0.15) is 0 Å². The van der Waals surface area contributed by atoms with E-state index in [-0.39, 0.29) is 0 Å². The lowest BCUT2D eigenvalue weighted by molar-refractivity contribution is 1.06. The molecule has 15 heavy (non-hydrogen) atoms. The van der Waals surface area contributed by atoms with E-state index in [9.17, 15) is 0 Å². The Hall–Kier alpha value is -0.740. The molecule has 1 aromatic rings. The van der Waals surface area contributed by atoms with Gasteiger partial charge in [0.05, 0.1) is 21.2 Å². The second-order valence-electron chi connectivity index (χ2n) is 3.47. The number of benzene rings is 1. The number of halogens is 2. The highest BCUT2D eigenvalue weighted by Gasteiger charge is 2.20. The normalized spacial score (nSPS) is 16.5. The van der Waals surface area contributed by atoms with Gasteiger partial charge in [-0.15, -0.1) is 0 Å². The smallest absolute Gasteiger partial charge is 0.193 e. The van der Waals surface area contributed by atoms with Gasteiger partial charge < -0.3 is 11.1 Å². The lowest BCUT2D eigenvalue weighted by Crippen LogP contribution is -2.23. The van der Waals surface area contributed by atoms with Crippen LogP contribution in [0.4, 0.5) is 5.69 Å². The molecular formula is C10H11BrClN3. The van der Waals surface area contributed by atoms with Gasteiger partial charge >= 0.3 is 0 Å². The summed E-state index contributed by atoms with van der Waals surface area (Å²) in [7, 11) is 0. The number of hydrogen-bond acceptors (Lipinski definition) is 1. The molecule has 0 amide bonds. The molecule has 0 saturated heterocycles. The van der Waals surface area contributed by atoms with E-state index >= 15 is 0 Å². The van der Waals surface area contributed by atoms with Crippen LogP contribution >= 0.6 is 27.5 Å². The van der Waals surface area contributed by atoms with E-state index in [1.807, 2.05) is 18.2 Å². The van der Waals surface area contributed by atoms with Crippen LogP contribution in [0.2, 0.25) is 5.02 Å². The van der Waals surface area contributed by atoms with E-state index in [4.69, 9.17) is 17.3 Å². The number of anilines is 1. The minimum Gasteiger partial charge on any atom is -0.370 e. The summed E-state index contributed by atoms with van der Waals surface area (Å²) in [5.41, 5.74) is 6.58. The Morgan fingerprint density at radius 1 is 1.53 bits per heavy atom. The van der Waals surface area contributed by atoms with Crippen LogP contribution in [0.1, 0.15) is 12.8 Å². The number of guanidine groups is 1.